The fourth-order valence-electron chi connectivity index (χ4n) is 3.41. The van der Waals surface area contributed by atoms with Crippen LogP contribution in [0.3, 0.4) is 0 Å². The second-order valence-electron chi connectivity index (χ2n) is 7.21. The van der Waals surface area contributed by atoms with E-state index in [1.54, 1.807) is 6.20 Å². The van der Waals surface area contributed by atoms with Crippen LogP contribution in [0, 0.1) is 6.92 Å². The van der Waals surface area contributed by atoms with Crippen molar-refractivity contribution >= 4 is 17.7 Å². The van der Waals surface area contributed by atoms with Crippen LogP contribution in [0.15, 0.2) is 30.5 Å². The molecule has 1 aliphatic carbocycles. The van der Waals surface area contributed by atoms with Crippen LogP contribution in [0.2, 0.25) is 0 Å². The van der Waals surface area contributed by atoms with Gasteiger partial charge in [-0.2, -0.15) is 4.98 Å². The van der Waals surface area contributed by atoms with E-state index in [0.717, 1.165) is 49.2 Å². The first-order valence-corrected chi connectivity index (χ1v) is 9.68. The van der Waals surface area contributed by atoms with Crippen molar-refractivity contribution in [1.29, 1.82) is 0 Å². The van der Waals surface area contributed by atoms with Crippen LogP contribution in [-0.4, -0.2) is 41.4 Å². The number of hydrogen-bond donors (Lipinski definition) is 3. The van der Waals surface area contributed by atoms with Gasteiger partial charge in [0, 0.05) is 36.5 Å². The Hall–Kier alpha value is -3.04. The topological polar surface area (TPSA) is 88.2 Å². The number of anilines is 2. The van der Waals surface area contributed by atoms with E-state index < -0.39 is 6.36 Å². The van der Waals surface area contributed by atoms with E-state index in [1.807, 2.05) is 14.0 Å². The van der Waals surface area contributed by atoms with E-state index >= 15 is 0 Å². The van der Waals surface area contributed by atoms with Gasteiger partial charge in [0.2, 0.25) is 5.95 Å². The van der Waals surface area contributed by atoms with Crippen LogP contribution in [0.5, 0.6) is 5.75 Å². The van der Waals surface area contributed by atoms with Gasteiger partial charge in [0.1, 0.15) is 11.6 Å². The maximum atomic E-state index is 12.4. The van der Waals surface area contributed by atoms with Crippen LogP contribution in [0.4, 0.5) is 24.9 Å². The number of hydrogen-bond acceptors (Lipinski definition) is 6. The Labute approximate surface area is 172 Å². The third kappa shape index (κ3) is 5.98. The Bertz CT molecular complexity index is 866. The summed E-state index contributed by atoms with van der Waals surface area (Å²) < 4.78 is 40.5. The normalized spacial score (nSPS) is 19.1. The van der Waals surface area contributed by atoms with Gasteiger partial charge in [-0.05, 0) is 56.9 Å². The molecule has 0 aliphatic heterocycles. The Morgan fingerprint density at radius 1 is 1.10 bits per heavy atom. The third-order valence-electron chi connectivity index (χ3n) is 4.95. The molecule has 1 heterocycles. The smallest absolute Gasteiger partial charge is 0.406 e. The fourth-order valence-corrected chi connectivity index (χ4v) is 3.41. The van der Waals surface area contributed by atoms with Crippen molar-refractivity contribution in [3.8, 4) is 5.75 Å². The van der Waals surface area contributed by atoms with Crippen molar-refractivity contribution in [2.45, 2.75) is 51.1 Å². The highest BCUT2D eigenvalue weighted by molar-refractivity contribution is 5.94. The predicted molar refractivity (Wildman–Crippen MR) is 107 cm³/mol. The first-order chi connectivity index (χ1) is 14.2. The predicted octanol–water partition coefficient (Wildman–Crippen LogP) is 3.88. The molecule has 1 aromatic heterocycles. The third-order valence-corrected chi connectivity index (χ3v) is 4.95. The Kier molecular flexibility index (Phi) is 6.63. The molecule has 0 radical (unpaired) electrons. The second-order valence-corrected chi connectivity index (χ2v) is 7.21. The van der Waals surface area contributed by atoms with Gasteiger partial charge in [-0.15, -0.1) is 13.2 Å². The van der Waals surface area contributed by atoms with Gasteiger partial charge in [-0.25, -0.2) is 4.98 Å². The summed E-state index contributed by atoms with van der Waals surface area (Å²) in [7, 11) is 1.81. The van der Waals surface area contributed by atoms with Crippen molar-refractivity contribution < 1.29 is 22.7 Å². The van der Waals surface area contributed by atoms with E-state index in [-0.39, 0.29) is 29.3 Å². The molecule has 7 nitrogen and oxygen atoms in total. The number of benzene rings is 1. The lowest BCUT2D eigenvalue weighted by Gasteiger charge is -2.29. The largest absolute Gasteiger partial charge is 0.573 e. The number of amides is 1. The molecule has 3 rings (SSSR count). The minimum Gasteiger partial charge on any atom is -0.406 e. The van der Waals surface area contributed by atoms with Crippen molar-refractivity contribution in [2.75, 3.05) is 17.7 Å². The first-order valence-electron chi connectivity index (χ1n) is 9.68. The molecule has 0 unspecified atom stereocenters. The van der Waals surface area contributed by atoms with Gasteiger partial charge >= 0.3 is 6.36 Å². The quantitative estimate of drug-likeness (QED) is 0.654. The van der Waals surface area contributed by atoms with Crippen LogP contribution in [0.1, 0.15) is 41.6 Å². The minimum absolute atomic E-state index is 0.00783. The molecule has 1 fully saturated rings. The molecule has 10 heteroatoms. The zero-order valence-corrected chi connectivity index (χ0v) is 16.7. The van der Waals surface area contributed by atoms with E-state index in [1.165, 1.54) is 12.1 Å². The molecular weight excluding hydrogens is 399 g/mol. The van der Waals surface area contributed by atoms with Crippen molar-refractivity contribution in [3.63, 3.8) is 0 Å². The lowest BCUT2D eigenvalue weighted by atomic mass is 9.91. The van der Waals surface area contributed by atoms with Crippen molar-refractivity contribution in [3.05, 3.63) is 41.6 Å². The van der Waals surface area contributed by atoms with Crippen LogP contribution < -0.4 is 20.7 Å². The molecule has 3 N–H and O–H groups in total. The molecule has 1 aliphatic rings. The summed E-state index contributed by atoms with van der Waals surface area (Å²) in [6.45, 7) is 1.93. The van der Waals surface area contributed by atoms with Crippen LogP contribution >= 0.6 is 0 Å². The number of nitrogens with zero attached hydrogens (tertiary/aromatic N) is 2. The lowest BCUT2D eigenvalue weighted by molar-refractivity contribution is -0.274. The highest BCUT2D eigenvalue weighted by atomic mass is 19.4. The van der Waals surface area contributed by atoms with Crippen molar-refractivity contribution in [1.82, 2.24) is 15.3 Å². The zero-order chi connectivity index (χ0) is 21.7. The van der Waals surface area contributed by atoms with E-state index in [0.29, 0.717) is 5.95 Å². The maximum Gasteiger partial charge on any atom is 0.573 e. The zero-order valence-electron chi connectivity index (χ0n) is 16.7. The molecular formula is C20H24F3N5O2. The van der Waals surface area contributed by atoms with Gasteiger partial charge < -0.3 is 20.7 Å². The molecule has 0 saturated heterocycles. The van der Waals surface area contributed by atoms with Gasteiger partial charge in [0.15, 0.2) is 0 Å². The Morgan fingerprint density at radius 2 is 1.73 bits per heavy atom. The summed E-state index contributed by atoms with van der Waals surface area (Å²) in [5, 5.41) is 9.30. The highest BCUT2D eigenvalue weighted by Crippen LogP contribution is 2.24. The first kappa shape index (κ1) is 21.7. The lowest BCUT2D eigenvalue weighted by Crippen LogP contribution is -2.40. The number of alkyl halides is 3. The SMILES string of the molecule is CNc1nc(NC2CCC(NC(=O)c3ccc(OC(F)(F)F)cc3)CC2)ncc1C. The number of halogens is 3. The number of aromatic nitrogens is 2. The van der Waals surface area contributed by atoms with Gasteiger partial charge in [-0.1, -0.05) is 0 Å². The summed E-state index contributed by atoms with van der Waals surface area (Å²) in [6.07, 6.45) is 0.254. The van der Waals surface area contributed by atoms with Crippen molar-refractivity contribution in [2.24, 2.45) is 0 Å². The Balaban J connectivity index is 1.48. The molecule has 1 aromatic carbocycles. The van der Waals surface area contributed by atoms with E-state index in [9.17, 15) is 18.0 Å². The van der Waals surface area contributed by atoms with E-state index in [4.69, 9.17) is 0 Å². The second kappa shape index (κ2) is 9.19. The van der Waals surface area contributed by atoms with Crippen LogP contribution in [-0.2, 0) is 0 Å². The van der Waals surface area contributed by atoms with Gasteiger partial charge in [-0.3, -0.25) is 4.79 Å². The number of ether oxygens (including phenoxy) is 1. The Morgan fingerprint density at radius 3 is 2.33 bits per heavy atom. The minimum atomic E-state index is -4.76. The molecule has 0 atom stereocenters. The molecule has 1 saturated carbocycles. The molecule has 162 valence electrons. The summed E-state index contributed by atoms with van der Waals surface area (Å²) in [5.41, 5.74) is 1.25. The number of carbonyl (C=O) groups excluding carboxylic acids is 1. The number of nitrogens with one attached hydrogen (secondary N) is 3. The molecule has 0 spiro atoms. The molecule has 0 bridgehead atoms. The van der Waals surface area contributed by atoms with Crippen LogP contribution in [0.25, 0.3) is 0 Å². The van der Waals surface area contributed by atoms with E-state index in [2.05, 4.69) is 30.7 Å². The average molecular weight is 423 g/mol. The fraction of sp³-hybridized carbons (Fsp3) is 0.450. The number of aryl methyl sites for hydroxylation is 1. The summed E-state index contributed by atoms with van der Waals surface area (Å²) in [5.74, 6) is 0.676. The van der Waals surface area contributed by atoms with Gasteiger partial charge in [0.05, 0.1) is 0 Å². The molecule has 2 aromatic rings. The number of carbonyl (C=O) groups is 1. The standard InChI is InChI=1S/C20H24F3N5O2/c1-12-11-25-19(28-17(12)24-2)27-15-7-5-14(6-8-15)26-18(29)13-3-9-16(10-4-13)30-20(21,22)23/h3-4,9-11,14-15H,5-8H2,1-2H3,(H,26,29)(H2,24,25,27,28). The summed E-state index contributed by atoms with van der Waals surface area (Å²) in [6, 6.07) is 5.11. The maximum absolute atomic E-state index is 12.4. The highest BCUT2D eigenvalue weighted by Gasteiger charge is 2.31. The number of rotatable bonds is 6. The average Bonchev–Trinajstić information content (AvgIpc) is 2.70. The summed E-state index contributed by atoms with van der Waals surface area (Å²) in [4.78, 5) is 21.1. The monoisotopic (exact) mass is 423 g/mol. The molecule has 30 heavy (non-hydrogen) atoms. The van der Waals surface area contributed by atoms with Gasteiger partial charge in [0.25, 0.3) is 5.91 Å². The molecule has 1 amide bonds. The summed E-state index contributed by atoms with van der Waals surface area (Å²) >= 11 is 0.